The Hall–Kier alpha value is -3.29. The molecule has 0 spiro atoms. The molecule has 2 unspecified atom stereocenters. The molecule has 1 saturated heterocycles. The number of unbranched alkanes of at least 4 members (excludes halogenated alkanes) is 2. The molecular weight excluding hydrogens is 550 g/mol. The summed E-state index contributed by atoms with van der Waals surface area (Å²) in [6, 6.07) is 9.82. The second kappa shape index (κ2) is 13.6. The van der Waals surface area contributed by atoms with E-state index in [0.29, 0.717) is 24.5 Å². The molecule has 13 heteroatoms. The zero-order valence-corrected chi connectivity index (χ0v) is 24.6. The minimum Gasteiger partial charge on any atom is -0.463 e. The van der Waals surface area contributed by atoms with E-state index in [-0.39, 0.29) is 6.61 Å². The fraction of sp³-hybridized carbons (Fsp3) is 0.571. The summed E-state index contributed by atoms with van der Waals surface area (Å²) in [5.41, 5.74) is 1.54. The van der Waals surface area contributed by atoms with Gasteiger partial charge < -0.3 is 18.9 Å². The third-order valence-corrected chi connectivity index (χ3v) is 7.30. The van der Waals surface area contributed by atoms with Gasteiger partial charge in [-0.05, 0) is 18.5 Å². The van der Waals surface area contributed by atoms with Crippen molar-refractivity contribution in [1.82, 2.24) is 10.2 Å². The number of nitrogens with one attached hydrogen (secondary N) is 1. The summed E-state index contributed by atoms with van der Waals surface area (Å²) >= 11 is 4.98. The topological polar surface area (TPSA) is 140 Å². The molecule has 0 bridgehead atoms. The summed E-state index contributed by atoms with van der Waals surface area (Å²) in [6.07, 6.45) is 0.179. The summed E-state index contributed by atoms with van der Waals surface area (Å²) in [5.74, 6) is -1.29. The van der Waals surface area contributed by atoms with Crippen LogP contribution in [0.15, 0.2) is 45.3 Å². The third-order valence-electron chi connectivity index (χ3n) is 6.82. The van der Waals surface area contributed by atoms with E-state index >= 15 is 0 Å². The smallest absolute Gasteiger partial charge is 0.303 e. The van der Waals surface area contributed by atoms with Crippen LogP contribution in [0, 0.1) is 0 Å². The Balaban J connectivity index is 1.71. The number of amidine groups is 1. The number of rotatable bonds is 12. The number of hydrogen-bond acceptors (Lipinski definition) is 13. The number of aliphatic imine (C=N–C) groups is 3. The Kier molecular flexibility index (Phi) is 10.2. The maximum absolute atomic E-state index is 12.2. The predicted molar refractivity (Wildman–Crippen MR) is 155 cm³/mol. The highest BCUT2D eigenvalue weighted by Gasteiger charge is 2.57. The summed E-state index contributed by atoms with van der Waals surface area (Å²) < 4.78 is 22.8. The van der Waals surface area contributed by atoms with Gasteiger partial charge in [0.15, 0.2) is 35.4 Å². The largest absolute Gasteiger partial charge is 0.463 e. The van der Waals surface area contributed by atoms with Crippen LogP contribution in [0.25, 0.3) is 0 Å². The fourth-order valence-electron chi connectivity index (χ4n) is 5.07. The molecule has 1 aromatic rings. The van der Waals surface area contributed by atoms with Gasteiger partial charge in [-0.1, -0.05) is 50.1 Å². The molecule has 0 radical (unpaired) electrons. The van der Waals surface area contributed by atoms with Gasteiger partial charge in [0.05, 0.1) is 0 Å². The number of carbonyl (C=O) groups excluding carboxylic acids is 3. The second-order valence-electron chi connectivity index (χ2n) is 10.1. The third kappa shape index (κ3) is 7.32. The molecule has 0 saturated carbocycles. The SMILES string of the molecule is CCCCCNC1N=C2C(=NC=NC2(S)Cc2ccccc2)N1[C@@H]1O[C@H](COC(C)=O)[C@@H](OC(C)=O)[C@H]1OC(C)=O. The van der Waals surface area contributed by atoms with Crippen LogP contribution in [0.4, 0.5) is 0 Å². The first-order valence-electron chi connectivity index (χ1n) is 13.7. The molecule has 12 nitrogen and oxygen atoms in total. The lowest BCUT2D eigenvalue weighted by Crippen LogP contribution is -2.57. The standard InChI is InChI=1S/C28H37N5O7S/c1-5-6-10-13-29-27-32-24-25(30-16-31-28(24,41)14-20-11-8-7-9-12-20)33(27)26-23(39-19(4)36)22(38-18(3)35)21(40-26)15-37-17(2)34/h7-9,11-12,16,21-23,26-27,29,41H,5-6,10,13-15H2,1-4H3/t21-,22-,23-,26-,27?,28?/m1/s1. The van der Waals surface area contributed by atoms with Crippen LogP contribution in [0.3, 0.4) is 0 Å². The average molecular weight is 588 g/mol. The Morgan fingerprint density at radius 3 is 2.41 bits per heavy atom. The maximum atomic E-state index is 12.2. The van der Waals surface area contributed by atoms with Gasteiger partial charge in [0.25, 0.3) is 0 Å². The van der Waals surface area contributed by atoms with Crippen LogP contribution in [0.2, 0.25) is 0 Å². The van der Waals surface area contributed by atoms with Crippen LogP contribution in [0.5, 0.6) is 0 Å². The first-order valence-corrected chi connectivity index (χ1v) is 14.2. The molecule has 6 atom stereocenters. The number of hydrogen-bond donors (Lipinski definition) is 2. The fourth-order valence-corrected chi connectivity index (χ4v) is 5.46. The second-order valence-corrected chi connectivity index (χ2v) is 10.9. The zero-order valence-electron chi connectivity index (χ0n) is 23.7. The van der Waals surface area contributed by atoms with Gasteiger partial charge in [0.2, 0.25) is 0 Å². The first kappa shape index (κ1) is 30.7. The molecule has 4 rings (SSSR count). The molecule has 0 amide bonds. The number of carbonyl (C=O) groups is 3. The Labute approximate surface area is 245 Å². The van der Waals surface area contributed by atoms with E-state index in [2.05, 4.69) is 22.2 Å². The van der Waals surface area contributed by atoms with Crippen molar-refractivity contribution in [1.29, 1.82) is 0 Å². The highest BCUT2D eigenvalue weighted by molar-refractivity contribution is 7.83. The van der Waals surface area contributed by atoms with Crippen molar-refractivity contribution in [2.75, 3.05) is 13.2 Å². The van der Waals surface area contributed by atoms with Gasteiger partial charge in [-0.25, -0.2) is 15.0 Å². The van der Waals surface area contributed by atoms with Crippen molar-refractivity contribution in [2.24, 2.45) is 15.0 Å². The van der Waals surface area contributed by atoms with Crippen LogP contribution >= 0.6 is 12.6 Å². The predicted octanol–water partition coefficient (Wildman–Crippen LogP) is 2.27. The van der Waals surface area contributed by atoms with Crippen LogP contribution in [-0.2, 0) is 39.8 Å². The molecule has 1 fully saturated rings. The molecule has 3 aliphatic heterocycles. The Morgan fingerprint density at radius 1 is 1.05 bits per heavy atom. The van der Waals surface area contributed by atoms with Crippen molar-refractivity contribution < 1.29 is 33.3 Å². The van der Waals surface area contributed by atoms with Crippen LogP contribution in [-0.4, -0.2) is 89.5 Å². The molecule has 0 aliphatic carbocycles. The minimum atomic E-state index is -1.07. The Morgan fingerprint density at radius 2 is 1.76 bits per heavy atom. The molecule has 41 heavy (non-hydrogen) atoms. The molecule has 3 heterocycles. The maximum Gasteiger partial charge on any atom is 0.303 e. The number of fused-ring (bicyclic) bond motifs is 1. The first-order chi connectivity index (χ1) is 19.6. The van der Waals surface area contributed by atoms with Gasteiger partial charge in [0, 0.05) is 27.2 Å². The molecule has 222 valence electrons. The number of benzene rings is 1. The van der Waals surface area contributed by atoms with Gasteiger partial charge in [-0.3, -0.25) is 24.6 Å². The molecule has 0 aromatic heterocycles. The van der Waals surface area contributed by atoms with Gasteiger partial charge >= 0.3 is 17.9 Å². The van der Waals surface area contributed by atoms with E-state index in [4.69, 9.17) is 36.6 Å². The van der Waals surface area contributed by atoms with Crippen LogP contribution in [0.1, 0.15) is 52.5 Å². The van der Waals surface area contributed by atoms with E-state index in [1.165, 1.54) is 27.1 Å². The average Bonchev–Trinajstić information content (AvgIpc) is 3.44. The molecule has 1 N–H and O–H groups in total. The monoisotopic (exact) mass is 587 g/mol. The quantitative estimate of drug-likeness (QED) is 0.163. The molecular formula is C28H37N5O7S. The van der Waals surface area contributed by atoms with Gasteiger partial charge in [-0.15, -0.1) is 12.6 Å². The number of ether oxygens (including phenoxy) is 4. The van der Waals surface area contributed by atoms with Crippen molar-refractivity contribution in [3.63, 3.8) is 0 Å². The van der Waals surface area contributed by atoms with E-state index < -0.39 is 53.6 Å². The Bertz CT molecular complexity index is 1210. The van der Waals surface area contributed by atoms with E-state index in [9.17, 15) is 14.4 Å². The number of thiol groups is 1. The van der Waals surface area contributed by atoms with Crippen molar-refractivity contribution in [3.8, 4) is 0 Å². The van der Waals surface area contributed by atoms with Crippen LogP contribution < -0.4 is 5.32 Å². The van der Waals surface area contributed by atoms with Crippen molar-refractivity contribution >= 4 is 48.4 Å². The number of esters is 3. The lowest BCUT2D eigenvalue weighted by molar-refractivity contribution is -0.167. The molecule has 1 aromatic carbocycles. The lowest BCUT2D eigenvalue weighted by Gasteiger charge is -2.35. The van der Waals surface area contributed by atoms with E-state index in [1.54, 1.807) is 4.90 Å². The highest BCUT2D eigenvalue weighted by Crippen LogP contribution is 2.37. The lowest BCUT2D eigenvalue weighted by atomic mass is 10.00. The highest BCUT2D eigenvalue weighted by atomic mass is 32.1. The molecule has 3 aliphatic rings. The summed E-state index contributed by atoms with van der Waals surface area (Å²) in [6.45, 7) is 6.33. The van der Waals surface area contributed by atoms with Crippen molar-refractivity contribution in [3.05, 3.63) is 35.9 Å². The summed E-state index contributed by atoms with van der Waals surface area (Å²) in [5, 5.41) is 3.45. The van der Waals surface area contributed by atoms with Gasteiger partial charge in [-0.2, -0.15) is 0 Å². The summed E-state index contributed by atoms with van der Waals surface area (Å²) in [7, 11) is 0. The minimum absolute atomic E-state index is 0.212. The van der Waals surface area contributed by atoms with Crippen molar-refractivity contribution in [2.45, 2.75) is 89.1 Å². The van der Waals surface area contributed by atoms with E-state index in [1.807, 2.05) is 30.3 Å². The number of nitrogens with zero attached hydrogens (tertiary/aromatic N) is 4. The van der Waals surface area contributed by atoms with Gasteiger partial charge in [0.1, 0.15) is 24.8 Å². The summed E-state index contributed by atoms with van der Waals surface area (Å²) in [4.78, 5) is 50.8. The normalized spacial score (nSPS) is 28.5. The van der Waals surface area contributed by atoms with E-state index in [0.717, 1.165) is 24.8 Å². The zero-order chi connectivity index (χ0) is 29.6.